The fourth-order valence-corrected chi connectivity index (χ4v) is 1.95. The third kappa shape index (κ3) is 4.01. The first-order chi connectivity index (χ1) is 9.95. The van der Waals surface area contributed by atoms with Crippen LogP contribution in [0.25, 0.3) is 0 Å². The van der Waals surface area contributed by atoms with Gasteiger partial charge in [0, 0.05) is 13.5 Å². The van der Waals surface area contributed by atoms with Crippen LogP contribution in [0.1, 0.15) is 28.4 Å². The highest BCUT2D eigenvalue weighted by Gasteiger charge is 2.07. The zero-order chi connectivity index (χ0) is 15.4. The van der Waals surface area contributed by atoms with Crippen molar-refractivity contribution in [2.75, 3.05) is 0 Å². The highest BCUT2D eigenvalue weighted by Crippen LogP contribution is 2.14. The molecule has 0 unspecified atom stereocenters. The van der Waals surface area contributed by atoms with E-state index in [1.54, 1.807) is 32.9 Å². The third-order valence-electron chi connectivity index (χ3n) is 2.93. The lowest BCUT2D eigenvalue weighted by atomic mass is 10.1. The van der Waals surface area contributed by atoms with E-state index in [9.17, 15) is 9.18 Å². The molecule has 2 amide bonds. The normalized spacial score (nSPS) is 10.5. The zero-order valence-corrected chi connectivity index (χ0v) is 12.2. The monoisotopic (exact) mass is 292 g/mol. The molecule has 2 rings (SSSR count). The second-order valence-electron chi connectivity index (χ2n) is 4.81. The molecule has 0 bridgehead atoms. The first kappa shape index (κ1) is 15.0. The van der Waals surface area contributed by atoms with Gasteiger partial charge < -0.3 is 15.2 Å². The van der Waals surface area contributed by atoms with Gasteiger partial charge in [-0.15, -0.1) is 0 Å². The third-order valence-corrected chi connectivity index (χ3v) is 2.93. The van der Waals surface area contributed by atoms with Crippen LogP contribution in [-0.4, -0.2) is 16.2 Å². The topological polar surface area (TPSA) is 80.0 Å². The molecule has 1 aromatic carbocycles. The van der Waals surface area contributed by atoms with E-state index in [2.05, 4.69) is 20.8 Å². The number of aromatic nitrogens is 2. The van der Waals surface area contributed by atoms with Crippen molar-refractivity contribution in [3.05, 3.63) is 46.4 Å². The lowest BCUT2D eigenvalue weighted by molar-refractivity contribution is 0.239. The SMILES string of the molecule is Cc1nc(CNC(=O)NCc2cc(C)c(F)c(C)c2)no1. The summed E-state index contributed by atoms with van der Waals surface area (Å²) in [4.78, 5) is 15.6. The Labute approximate surface area is 121 Å². The minimum Gasteiger partial charge on any atom is -0.340 e. The van der Waals surface area contributed by atoms with Gasteiger partial charge in [0.2, 0.25) is 5.89 Å². The summed E-state index contributed by atoms with van der Waals surface area (Å²) in [7, 11) is 0. The van der Waals surface area contributed by atoms with E-state index in [1.165, 1.54) is 0 Å². The van der Waals surface area contributed by atoms with Gasteiger partial charge in [-0.3, -0.25) is 0 Å². The summed E-state index contributed by atoms with van der Waals surface area (Å²) in [5, 5.41) is 8.97. The molecule has 0 atom stereocenters. The summed E-state index contributed by atoms with van der Waals surface area (Å²) in [6.45, 7) is 5.58. The van der Waals surface area contributed by atoms with Crippen LogP contribution in [0.4, 0.5) is 9.18 Å². The zero-order valence-electron chi connectivity index (χ0n) is 12.2. The molecular formula is C14H17FN4O2. The number of aryl methyl sites for hydroxylation is 3. The first-order valence-electron chi connectivity index (χ1n) is 6.52. The predicted octanol–water partition coefficient (Wildman–Crippen LogP) is 2.13. The molecule has 6 nitrogen and oxygen atoms in total. The van der Waals surface area contributed by atoms with Gasteiger partial charge in [0.15, 0.2) is 5.82 Å². The molecule has 2 N–H and O–H groups in total. The summed E-state index contributed by atoms with van der Waals surface area (Å²) < 4.78 is 18.3. The van der Waals surface area contributed by atoms with E-state index in [0.29, 0.717) is 29.4 Å². The Morgan fingerprint density at radius 3 is 2.38 bits per heavy atom. The second-order valence-corrected chi connectivity index (χ2v) is 4.81. The number of carbonyl (C=O) groups is 1. The van der Waals surface area contributed by atoms with Crippen LogP contribution in [0.3, 0.4) is 0 Å². The molecule has 0 fully saturated rings. The molecule has 7 heteroatoms. The number of hydrogen-bond donors (Lipinski definition) is 2. The lowest BCUT2D eigenvalue weighted by Crippen LogP contribution is -2.34. The van der Waals surface area contributed by atoms with Gasteiger partial charge in [0.25, 0.3) is 0 Å². The molecule has 1 aromatic heterocycles. The summed E-state index contributed by atoms with van der Waals surface area (Å²) in [6.07, 6.45) is 0. The number of amides is 2. The summed E-state index contributed by atoms with van der Waals surface area (Å²) in [5.74, 6) is 0.649. The van der Waals surface area contributed by atoms with E-state index in [0.717, 1.165) is 5.56 Å². The van der Waals surface area contributed by atoms with Crippen LogP contribution in [0, 0.1) is 26.6 Å². The minimum absolute atomic E-state index is 0.185. The number of nitrogens with one attached hydrogen (secondary N) is 2. The Bertz CT molecular complexity index is 631. The quantitative estimate of drug-likeness (QED) is 0.904. The molecule has 0 aliphatic rings. The number of benzene rings is 1. The van der Waals surface area contributed by atoms with E-state index < -0.39 is 0 Å². The van der Waals surface area contributed by atoms with Crippen molar-refractivity contribution in [3.63, 3.8) is 0 Å². The molecule has 0 aliphatic carbocycles. The summed E-state index contributed by atoms with van der Waals surface area (Å²) >= 11 is 0. The first-order valence-corrected chi connectivity index (χ1v) is 6.52. The highest BCUT2D eigenvalue weighted by atomic mass is 19.1. The summed E-state index contributed by atoms with van der Waals surface area (Å²) in [5.41, 5.74) is 1.97. The van der Waals surface area contributed by atoms with Crippen molar-refractivity contribution < 1.29 is 13.7 Å². The average molecular weight is 292 g/mol. The van der Waals surface area contributed by atoms with Crippen LogP contribution in [-0.2, 0) is 13.1 Å². The lowest BCUT2D eigenvalue weighted by Gasteiger charge is -2.09. The van der Waals surface area contributed by atoms with Crippen molar-refractivity contribution in [1.29, 1.82) is 0 Å². The van der Waals surface area contributed by atoms with E-state index >= 15 is 0 Å². The van der Waals surface area contributed by atoms with Crippen molar-refractivity contribution in [1.82, 2.24) is 20.8 Å². The van der Waals surface area contributed by atoms with E-state index in [-0.39, 0.29) is 18.4 Å². The average Bonchev–Trinajstić information content (AvgIpc) is 2.85. The van der Waals surface area contributed by atoms with Gasteiger partial charge in [0.05, 0.1) is 6.54 Å². The predicted molar refractivity (Wildman–Crippen MR) is 74.0 cm³/mol. The van der Waals surface area contributed by atoms with E-state index in [4.69, 9.17) is 4.52 Å². The van der Waals surface area contributed by atoms with Gasteiger partial charge >= 0.3 is 6.03 Å². The molecule has 0 radical (unpaired) electrons. The van der Waals surface area contributed by atoms with Gasteiger partial charge in [-0.25, -0.2) is 9.18 Å². The largest absolute Gasteiger partial charge is 0.340 e. The molecule has 2 aromatic rings. The van der Waals surface area contributed by atoms with Crippen LogP contribution < -0.4 is 10.6 Å². The maximum atomic E-state index is 13.5. The van der Waals surface area contributed by atoms with Crippen molar-refractivity contribution >= 4 is 6.03 Å². The fourth-order valence-electron chi connectivity index (χ4n) is 1.95. The molecule has 112 valence electrons. The number of rotatable bonds is 4. The Morgan fingerprint density at radius 2 is 1.81 bits per heavy atom. The number of urea groups is 1. The highest BCUT2D eigenvalue weighted by molar-refractivity contribution is 5.73. The maximum absolute atomic E-state index is 13.5. The molecule has 0 spiro atoms. The van der Waals surface area contributed by atoms with Crippen molar-refractivity contribution in [2.24, 2.45) is 0 Å². The molecule has 0 saturated carbocycles. The molecule has 1 heterocycles. The maximum Gasteiger partial charge on any atom is 0.315 e. The fraction of sp³-hybridized carbons (Fsp3) is 0.357. The Hall–Kier alpha value is -2.44. The number of nitrogens with zero attached hydrogens (tertiary/aromatic N) is 2. The molecule has 21 heavy (non-hydrogen) atoms. The van der Waals surface area contributed by atoms with Gasteiger partial charge in [-0.2, -0.15) is 4.98 Å². The van der Waals surface area contributed by atoms with Gasteiger partial charge in [0.1, 0.15) is 5.82 Å². The Morgan fingerprint density at radius 1 is 1.19 bits per heavy atom. The Balaban J connectivity index is 1.84. The molecule has 0 aliphatic heterocycles. The number of hydrogen-bond acceptors (Lipinski definition) is 4. The minimum atomic E-state index is -0.350. The van der Waals surface area contributed by atoms with Crippen LogP contribution >= 0.6 is 0 Å². The van der Waals surface area contributed by atoms with Crippen LogP contribution in [0.15, 0.2) is 16.7 Å². The smallest absolute Gasteiger partial charge is 0.315 e. The summed E-state index contributed by atoms with van der Waals surface area (Å²) in [6, 6.07) is 3.08. The second kappa shape index (κ2) is 6.34. The van der Waals surface area contributed by atoms with Crippen molar-refractivity contribution in [2.45, 2.75) is 33.9 Å². The van der Waals surface area contributed by atoms with Crippen LogP contribution in [0.2, 0.25) is 0 Å². The number of halogens is 1. The Kier molecular flexibility index (Phi) is 4.52. The van der Waals surface area contributed by atoms with Crippen LogP contribution in [0.5, 0.6) is 0 Å². The standard InChI is InChI=1S/C14H17FN4O2/c1-8-4-11(5-9(2)13(8)15)6-16-14(20)17-7-12-18-10(3)21-19-12/h4-5H,6-7H2,1-3H3,(H2,16,17,20). The molecule has 0 saturated heterocycles. The van der Waals surface area contributed by atoms with Crippen molar-refractivity contribution in [3.8, 4) is 0 Å². The number of carbonyl (C=O) groups excluding carboxylic acids is 1. The van der Waals surface area contributed by atoms with E-state index in [1.807, 2.05) is 0 Å². The van der Waals surface area contributed by atoms with Gasteiger partial charge in [-0.1, -0.05) is 17.3 Å². The molecular weight excluding hydrogens is 275 g/mol. The van der Waals surface area contributed by atoms with Gasteiger partial charge in [-0.05, 0) is 30.5 Å².